The van der Waals surface area contributed by atoms with Gasteiger partial charge < -0.3 is 9.42 Å². The van der Waals surface area contributed by atoms with Gasteiger partial charge in [-0.25, -0.2) is 0 Å². The lowest BCUT2D eigenvalue weighted by Gasteiger charge is -2.21. The van der Waals surface area contributed by atoms with Crippen LogP contribution < -0.4 is 0 Å². The topological polar surface area (TPSA) is 63.6 Å². The van der Waals surface area contributed by atoms with Crippen molar-refractivity contribution in [2.24, 2.45) is 5.92 Å². The van der Waals surface area contributed by atoms with Crippen molar-refractivity contribution in [3.8, 4) is 0 Å². The summed E-state index contributed by atoms with van der Waals surface area (Å²) in [5, 5.41) is 0. The van der Waals surface area contributed by atoms with Crippen molar-refractivity contribution >= 4 is 13.1 Å². The molecule has 1 unspecified atom stereocenters. The molecule has 0 aromatic heterocycles. The largest absolute Gasteiger partial charge is 0.394 e. The Labute approximate surface area is 77.8 Å². The molecule has 1 fully saturated rings. The van der Waals surface area contributed by atoms with E-state index in [1.54, 1.807) is 0 Å². The second kappa shape index (κ2) is 4.36. The van der Waals surface area contributed by atoms with Crippen molar-refractivity contribution < 1.29 is 18.8 Å². The number of carbonyl (C=O) groups excluding carboxylic acids is 1. The molecule has 0 aliphatic heterocycles. The first-order valence-electron chi connectivity index (χ1n) is 4.51. The van der Waals surface area contributed by atoms with Gasteiger partial charge in [0, 0.05) is 13.0 Å². The highest BCUT2D eigenvalue weighted by atomic mass is 31.2. The van der Waals surface area contributed by atoms with Gasteiger partial charge >= 0.3 is 7.60 Å². The smallest absolute Gasteiger partial charge is 0.319 e. The van der Waals surface area contributed by atoms with Crippen LogP contribution in [0.15, 0.2) is 0 Å². The Balaban J connectivity index is 2.60. The van der Waals surface area contributed by atoms with Crippen molar-refractivity contribution in [3.05, 3.63) is 0 Å². The second-order valence-corrected chi connectivity index (χ2v) is 5.22. The third kappa shape index (κ3) is 2.63. The maximum atomic E-state index is 11.4. The monoisotopic (exact) mass is 206 g/mol. The minimum atomic E-state index is -3.97. The van der Waals surface area contributed by atoms with E-state index in [4.69, 9.17) is 4.89 Å². The van der Waals surface area contributed by atoms with Crippen LogP contribution in [0.25, 0.3) is 0 Å². The zero-order valence-electron chi connectivity index (χ0n) is 7.73. The van der Waals surface area contributed by atoms with E-state index in [1.165, 1.54) is 0 Å². The Bertz CT molecular complexity index is 232. The van der Waals surface area contributed by atoms with Gasteiger partial charge in [0.25, 0.3) is 0 Å². The molecule has 0 bridgehead atoms. The first kappa shape index (κ1) is 10.9. The molecule has 0 aromatic carbocycles. The van der Waals surface area contributed by atoms with Crippen molar-refractivity contribution in [2.45, 2.75) is 32.1 Å². The van der Waals surface area contributed by atoms with Crippen molar-refractivity contribution in [3.63, 3.8) is 0 Å². The zero-order valence-corrected chi connectivity index (χ0v) is 8.63. The minimum Gasteiger partial charge on any atom is -0.319 e. The van der Waals surface area contributed by atoms with E-state index in [-0.39, 0.29) is 5.92 Å². The highest BCUT2D eigenvalue weighted by molar-refractivity contribution is 7.71. The second-order valence-electron chi connectivity index (χ2n) is 3.38. The first-order valence-corrected chi connectivity index (χ1v) is 6.08. The summed E-state index contributed by atoms with van der Waals surface area (Å²) in [6.45, 7) is 0. The Kier molecular flexibility index (Phi) is 3.65. The fraction of sp³-hybridized carbons (Fsp3) is 0.875. The quantitative estimate of drug-likeness (QED) is 0.716. The Morgan fingerprint density at radius 3 is 2.38 bits per heavy atom. The lowest BCUT2D eigenvalue weighted by atomic mass is 9.90. The summed E-state index contributed by atoms with van der Waals surface area (Å²) in [6.07, 6.45) is 4.52. The van der Waals surface area contributed by atoms with Crippen LogP contribution in [0.3, 0.4) is 0 Å². The molecule has 13 heavy (non-hydrogen) atoms. The fourth-order valence-electron chi connectivity index (χ4n) is 1.67. The molecule has 0 aromatic rings. The van der Waals surface area contributed by atoms with Crippen molar-refractivity contribution in [1.82, 2.24) is 0 Å². The van der Waals surface area contributed by atoms with Gasteiger partial charge in [-0.15, -0.1) is 0 Å². The number of hydrogen-bond donors (Lipinski definition) is 1. The maximum Gasteiger partial charge on any atom is 0.394 e. The van der Waals surface area contributed by atoms with Crippen LogP contribution in [-0.2, 0) is 13.9 Å². The van der Waals surface area contributed by atoms with Crippen molar-refractivity contribution in [1.29, 1.82) is 0 Å². The van der Waals surface area contributed by atoms with E-state index in [1.807, 2.05) is 0 Å². The van der Waals surface area contributed by atoms with Gasteiger partial charge in [-0.2, -0.15) is 0 Å². The zero-order chi connectivity index (χ0) is 9.90. The normalized spacial score (nSPS) is 23.8. The SMILES string of the molecule is COP(=O)(O)C(=O)C1CCCCC1. The molecule has 0 saturated heterocycles. The predicted molar refractivity (Wildman–Crippen MR) is 48.4 cm³/mol. The summed E-state index contributed by atoms with van der Waals surface area (Å²) in [6, 6.07) is 0. The molecule has 0 radical (unpaired) electrons. The average molecular weight is 206 g/mol. The molecular formula is C8H15O4P. The summed E-state index contributed by atoms with van der Waals surface area (Å²) in [5.74, 6) is -0.260. The number of rotatable bonds is 3. The summed E-state index contributed by atoms with van der Waals surface area (Å²) in [4.78, 5) is 20.5. The molecule has 76 valence electrons. The molecule has 1 saturated carbocycles. The van der Waals surface area contributed by atoms with Gasteiger partial charge in [0.15, 0.2) is 0 Å². The highest BCUT2D eigenvalue weighted by Gasteiger charge is 2.36. The lowest BCUT2D eigenvalue weighted by molar-refractivity contribution is -0.117. The summed E-state index contributed by atoms with van der Waals surface area (Å²) < 4.78 is 15.5. The van der Waals surface area contributed by atoms with Gasteiger partial charge in [-0.1, -0.05) is 19.3 Å². The van der Waals surface area contributed by atoms with Crippen LogP contribution in [0.4, 0.5) is 0 Å². The lowest BCUT2D eigenvalue weighted by Crippen LogP contribution is -2.18. The van der Waals surface area contributed by atoms with Crippen LogP contribution in [0.5, 0.6) is 0 Å². The molecule has 5 heteroatoms. The molecule has 1 N–H and O–H groups in total. The molecule has 0 amide bonds. The summed E-state index contributed by atoms with van der Waals surface area (Å²) in [7, 11) is -2.87. The fourth-order valence-corrected chi connectivity index (χ4v) is 2.57. The van der Waals surface area contributed by atoms with Crippen LogP contribution in [-0.4, -0.2) is 17.5 Å². The van der Waals surface area contributed by atoms with Gasteiger partial charge in [0.2, 0.25) is 5.52 Å². The average Bonchev–Trinajstić information content (AvgIpc) is 2.18. The molecular weight excluding hydrogens is 191 g/mol. The minimum absolute atomic E-state index is 0.260. The highest BCUT2D eigenvalue weighted by Crippen LogP contribution is 2.47. The molecule has 1 aliphatic rings. The van der Waals surface area contributed by atoms with E-state index in [9.17, 15) is 9.36 Å². The molecule has 1 aliphatic carbocycles. The van der Waals surface area contributed by atoms with Gasteiger partial charge in [0.1, 0.15) is 0 Å². The van der Waals surface area contributed by atoms with E-state index in [2.05, 4.69) is 4.52 Å². The van der Waals surface area contributed by atoms with E-state index in [0.29, 0.717) is 0 Å². The molecule has 0 spiro atoms. The van der Waals surface area contributed by atoms with E-state index >= 15 is 0 Å². The van der Waals surface area contributed by atoms with Crippen LogP contribution >= 0.6 is 7.60 Å². The Morgan fingerprint density at radius 1 is 1.38 bits per heavy atom. The van der Waals surface area contributed by atoms with Crippen LogP contribution in [0.2, 0.25) is 0 Å². The van der Waals surface area contributed by atoms with E-state index in [0.717, 1.165) is 39.2 Å². The molecule has 1 rings (SSSR count). The van der Waals surface area contributed by atoms with E-state index < -0.39 is 13.1 Å². The number of carbonyl (C=O) groups is 1. The molecule has 1 atom stereocenters. The third-order valence-corrected chi connectivity index (χ3v) is 3.90. The Hall–Kier alpha value is -0.180. The van der Waals surface area contributed by atoms with Gasteiger partial charge in [-0.3, -0.25) is 9.36 Å². The van der Waals surface area contributed by atoms with Crippen molar-refractivity contribution in [2.75, 3.05) is 7.11 Å². The van der Waals surface area contributed by atoms with Crippen LogP contribution in [0, 0.1) is 5.92 Å². The summed E-state index contributed by atoms with van der Waals surface area (Å²) >= 11 is 0. The van der Waals surface area contributed by atoms with Gasteiger partial charge in [-0.05, 0) is 12.8 Å². The molecule has 4 nitrogen and oxygen atoms in total. The van der Waals surface area contributed by atoms with Gasteiger partial charge in [0.05, 0.1) is 0 Å². The summed E-state index contributed by atoms with van der Waals surface area (Å²) in [5.41, 5.74) is -0.602. The number of hydrogen-bond acceptors (Lipinski definition) is 3. The first-order chi connectivity index (χ1) is 6.08. The molecule has 0 heterocycles. The standard InChI is InChI=1S/C8H15O4P/c1-12-13(10,11)8(9)7-5-3-2-4-6-7/h7H,2-6H2,1H3,(H,10,11). The predicted octanol–water partition coefficient (Wildman–Crippen LogP) is 1.93. The maximum absolute atomic E-state index is 11.4. The third-order valence-electron chi connectivity index (χ3n) is 2.48. The Morgan fingerprint density at radius 2 is 1.92 bits per heavy atom. The van der Waals surface area contributed by atoms with Crippen LogP contribution in [0.1, 0.15) is 32.1 Å².